The molecule has 0 bridgehead atoms. The maximum Gasteiger partial charge on any atom is 0.252 e. The van der Waals surface area contributed by atoms with Crippen molar-refractivity contribution < 1.29 is 0 Å². The monoisotopic (exact) mass is 1330 g/mol. The zero-order chi connectivity index (χ0) is 72.6. The Kier molecular flexibility index (Phi) is 17.3. The SMILES string of the molecule is CC(C)(C)c1cc(-c2ccc3c(c2)N(c2c(-c4ccccc4)cccc2-c2ccccc2)c2cccc4c2B3c2ccc(-c3cc(C(C)(C)C)cc(C(C)(C)C)c3)cc2N4c2c(-c3cc(C(C)(C)C)nc(C(C)(C)C)c3)cccc2-c2cc(C(C)(C)C)nc(C(C)(C)C)c2)cc(C(C)(C)C)c1. The normalized spacial score (nSPS) is 13.7. The largest absolute Gasteiger partial charge is 0.310 e. The van der Waals surface area contributed by atoms with E-state index >= 15 is 0 Å². The molecule has 2 aliphatic rings. The zero-order valence-electron chi connectivity index (χ0n) is 65.1. The van der Waals surface area contributed by atoms with Crippen molar-refractivity contribution in [2.75, 3.05) is 9.80 Å². The van der Waals surface area contributed by atoms with Gasteiger partial charge in [0.25, 0.3) is 6.71 Å². The lowest BCUT2D eigenvalue weighted by Crippen LogP contribution is -2.61. The van der Waals surface area contributed by atoms with Crippen molar-refractivity contribution in [3.8, 4) is 66.8 Å². The van der Waals surface area contributed by atoms with Crippen LogP contribution in [-0.2, 0) is 43.3 Å². The van der Waals surface area contributed by atoms with Crippen molar-refractivity contribution in [3.05, 3.63) is 257 Å². The van der Waals surface area contributed by atoms with Crippen molar-refractivity contribution in [3.63, 3.8) is 0 Å². The summed E-state index contributed by atoms with van der Waals surface area (Å²) in [6, 6.07) is 82.7. The minimum Gasteiger partial charge on any atom is -0.310 e. The fraction of sp³-hybridized carbons (Fsp3) is 0.333. The van der Waals surface area contributed by atoms with Crippen LogP contribution in [0.25, 0.3) is 66.8 Å². The topological polar surface area (TPSA) is 32.3 Å². The van der Waals surface area contributed by atoms with E-state index in [4.69, 9.17) is 9.97 Å². The summed E-state index contributed by atoms with van der Waals surface area (Å²) in [7, 11) is 0. The molecule has 5 heteroatoms. The summed E-state index contributed by atoms with van der Waals surface area (Å²) in [5.74, 6) is 0. The molecule has 0 spiro atoms. The van der Waals surface area contributed by atoms with E-state index in [-0.39, 0.29) is 50.0 Å². The van der Waals surface area contributed by atoms with Crippen LogP contribution in [0.3, 0.4) is 0 Å². The van der Waals surface area contributed by atoms with Crippen LogP contribution in [0.5, 0.6) is 0 Å². The van der Waals surface area contributed by atoms with E-state index in [1.165, 1.54) is 60.9 Å². The smallest absolute Gasteiger partial charge is 0.252 e. The molecule has 2 aliphatic heterocycles. The molecule has 0 radical (unpaired) electrons. The van der Waals surface area contributed by atoms with Gasteiger partial charge in [0.05, 0.1) is 11.4 Å². The van der Waals surface area contributed by atoms with Crippen molar-refractivity contribution in [1.82, 2.24) is 9.97 Å². The van der Waals surface area contributed by atoms with E-state index in [1.54, 1.807) is 0 Å². The van der Waals surface area contributed by atoms with E-state index in [1.807, 2.05) is 0 Å². The highest BCUT2D eigenvalue weighted by molar-refractivity contribution is 7.00. The van der Waals surface area contributed by atoms with Crippen LogP contribution in [0, 0.1) is 0 Å². The van der Waals surface area contributed by atoms with E-state index in [2.05, 4.69) is 388 Å². The van der Waals surface area contributed by atoms with Crippen LogP contribution in [0.2, 0.25) is 0 Å². The first-order chi connectivity index (χ1) is 47.1. The van der Waals surface area contributed by atoms with E-state index in [0.29, 0.717) is 0 Å². The molecule has 13 rings (SSSR count). The Morgan fingerprint density at radius 2 is 0.515 bits per heavy atom. The zero-order valence-corrected chi connectivity index (χ0v) is 65.1. The van der Waals surface area contributed by atoms with Crippen LogP contribution in [-0.4, -0.2) is 16.7 Å². The average molecular weight is 1330 g/mol. The van der Waals surface area contributed by atoms with Gasteiger partial charge in [0.1, 0.15) is 0 Å². The van der Waals surface area contributed by atoms with Crippen LogP contribution in [0.1, 0.15) is 211 Å². The fourth-order valence-electron chi connectivity index (χ4n) is 14.7. The molecule has 0 N–H and O–H groups in total. The molecule has 0 saturated heterocycles. The van der Waals surface area contributed by atoms with Gasteiger partial charge in [-0.3, -0.25) is 9.97 Å². The third-order valence-corrected chi connectivity index (χ3v) is 21.0. The van der Waals surface area contributed by atoms with Crippen molar-refractivity contribution in [2.45, 2.75) is 209 Å². The molecular formula is C96H107BN4. The summed E-state index contributed by atoms with van der Waals surface area (Å²) >= 11 is 0. The van der Waals surface area contributed by atoms with Crippen molar-refractivity contribution in [2.24, 2.45) is 0 Å². The second-order valence-corrected chi connectivity index (χ2v) is 37.3. The van der Waals surface area contributed by atoms with Gasteiger partial charge < -0.3 is 9.80 Å². The van der Waals surface area contributed by atoms with E-state index < -0.39 is 0 Å². The van der Waals surface area contributed by atoms with Crippen LogP contribution < -0.4 is 26.2 Å². The molecule has 2 aromatic heterocycles. The Labute approximate surface area is 606 Å². The maximum atomic E-state index is 5.55. The number of para-hydroxylation sites is 2. The molecule has 11 aromatic rings. The molecule has 0 unspecified atom stereocenters. The van der Waals surface area contributed by atoms with E-state index in [9.17, 15) is 0 Å². The Morgan fingerprint density at radius 3 is 0.802 bits per heavy atom. The first-order valence-electron chi connectivity index (χ1n) is 36.9. The summed E-state index contributed by atoms with van der Waals surface area (Å²) in [5, 5.41) is 0. The summed E-state index contributed by atoms with van der Waals surface area (Å²) in [6.07, 6.45) is 0. The molecule has 0 aliphatic carbocycles. The molecule has 0 atom stereocenters. The summed E-state index contributed by atoms with van der Waals surface area (Å²) in [6.45, 7) is 55.7. The second-order valence-electron chi connectivity index (χ2n) is 37.3. The van der Waals surface area contributed by atoms with Gasteiger partial charge in [0.15, 0.2) is 0 Å². The molecule has 0 fully saturated rings. The van der Waals surface area contributed by atoms with Crippen LogP contribution >= 0.6 is 0 Å². The van der Waals surface area contributed by atoms with Crippen molar-refractivity contribution >= 4 is 57.2 Å². The number of aromatic nitrogens is 2. The lowest BCUT2D eigenvalue weighted by Gasteiger charge is -2.45. The predicted molar refractivity (Wildman–Crippen MR) is 438 cm³/mol. The van der Waals surface area contributed by atoms with Gasteiger partial charge >= 0.3 is 0 Å². The van der Waals surface area contributed by atoms with Crippen LogP contribution in [0.4, 0.5) is 34.1 Å². The summed E-state index contributed by atoms with van der Waals surface area (Å²) in [5.41, 5.74) is 32.8. The Bertz CT molecular complexity index is 4730. The standard InChI is InChI=1S/C96H107BN4/c1-89(2,3)68-48-64(49-69(58-68)90(4,5)6)62-44-46-76-80(52-62)100(87-72(60-34-27-25-28-35-60)38-31-39-73(87)61-36-29-26-30-37-61)78-42-33-43-79-86(78)97(76)77-47-45-63(65-50-70(91(7,8)9)59-71(51-65)92(10,11)12)53-81(77)101(79)88-74(66-54-82(93(13,14)15)98-83(55-66)94(16,17)18)40-32-41-75(88)67-56-84(95(19,20)21)99-85(57-67)96(22,23)24/h25-59H,1-24H3. The van der Waals surface area contributed by atoms with Gasteiger partial charge in [-0.1, -0.05) is 330 Å². The minimum absolute atomic E-state index is 0.0789. The van der Waals surface area contributed by atoms with Gasteiger partial charge in [0, 0.05) is 89.4 Å². The number of pyridine rings is 2. The summed E-state index contributed by atoms with van der Waals surface area (Å²) in [4.78, 5) is 16.5. The molecule has 101 heavy (non-hydrogen) atoms. The highest BCUT2D eigenvalue weighted by Gasteiger charge is 2.46. The fourth-order valence-corrected chi connectivity index (χ4v) is 14.7. The van der Waals surface area contributed by atoms with Crippen molar-refractivity contribution in [1.29, 1.82) is 0 Å². The Hall–Kier alpha value is -9.06. The highest BCUT2D eigenvalue weighted by atomic mass is 15.2. The lowest BCUT2D eigenvalue weighted by atomic mass is 9.33. The number of anilines is 6. The maximum absolute atomic E-state index is 5.55. The second kappa shape index (κ2) is 24.9. The number of hydrogen-bond acceptors (Lipinski definition) is 4. The number of rotatable bonds is 8. The predicted octanol–water partition coefficient (Wildman–Crippen LogP) is 24.9. The minimum atomic E-state index is -0.246. The average Bonchev–Trinajstić information content (AvgIpc) is 0.691. The van der Waals surface area contributed by atoms with Gasteiger partial charge in [-0.2, -0.15) is 0 Å². The highest BCUT2D eigenvalue weighted by Crippen LogP contribution is 2.54. The molecule has 0 amide bonds. The molecule has 4 heterocycles. The first kappa shape index (κ1) is 70.4. The first-order valence-corrected chi connectivity index (χ1v) is 36.9. The lowest BCUT2D eigenvalue weighted by molar-refractivity contribution is 0.531. The Morgan fingerprint density at radius 1 is 0.228 bits per heavy atom. The molecular weight excluding hydrogens is 1220 g/mol. The molecule has 4 nitrogen and oxygen atoms in total. The summed E-state index contributed by atoms with van der Waals surface area (Å²) < 4.78 is 0. The third-order valence-electron chi connectivity index (χ3n) is 21.0. The van der Waals surface area contributed by atoms with Gasteiger partial charge in [-0.05, 0) is 153 Å². The Balaban J connectivity index is 1.22. The van der Waals surface area contributed by atoms with E-state index in [0.717, 1.165) is 101 Å². The number of benzene rings is 9. The number of nitrogens with zero attached hydrogens (tertiary/aromatic N) is 4. The number of hydrogen-bond donors (Lipinski definition) is 0. The van der Waals surface area contributed by atoms with Gasteiger partial charge in [-0.15, -0.1) is 0 Å². The molecule has 9 aromatic carbocycles. The molecule has 0 saturated carbocycles. The van der Waals surface area contributed by atoms with Crippen LogP contribution in [0.15, 0.2) is 212 Å². The van der Waals surface area contributed by atoms with Gasteiger partial charge in [-0.25, -0.2) is 0 Å². The third kappa shape index (κ3) is 13.5. The quantitative estimate of drug-likeness (QED) is 0.142. The molecule has 514 valence electrons. The number of fused-ring (bicyclic) bond motifs is 4. The van der Waals surface area contributed by atoms with Gasteiger partial charge in [0.2, 0.25) is 0 Å².